The van der Waals surface area contributed by atoms with E-state index in [1.54, 1.807) is 24.3 Å². The molecule has 0 spiro atoms. The predicted molar refractivity (Wildman–Crippen MR) is 128 cm³/mol. The van der Waals surface area contributed by atoms with Crippen molar-refractivity contribution in [1.82, 2.24) is 0 Å². The third-order valence-electron chi connectivity index (χ3n) is 5.25. The first-order chi connectivity index (χ1) is 16.0. The number of para-hydroxylation sites is 1. The summed E-state index contributed by atoms with van der Waals surface area (Å²) in [5.41, 5.74) is 3.67. The molecule has 4 rings (SSSR count). The minimum Gasteiger partial charge on any atom is -0.324 e. The molecule has 0 unspecified atom stereocenters. The SMILES string of the molecule is CCCCN1C(=Nc2ccc([N+](=O)[O-])cc2)C(=Nc2ccc([N+](=O)[O-])cc2)c2ccccc21. The Labute approximate surface area is 190 Å². The van der Waals surface area contributed by atoms with E-state index in [-0.39, 0.29) is 11.4 Å². The molecule has 0 amide bonds. The normalized spacial score (nSPS) is 15.1. The standard InChI is InChI=1S/C24H21N5O4/c1-2-3-16-27-22-7-5-4-6-21(22)23(25-17-8-12-19(13-9-17)28(30)31)24(27)26-18-10-14-20(15-11-18)29(32)33/h4-15H,2-3,16H2,1H3. The average molecular weight is 443 g/mol. The van der Waals surface area contributed by atoms with Crippen LogP contribution >= 0.6 is 0 Å². The van der Waals surface area contributed by atoms with Crippen LogP contribution in [0, 0.1) is 20.2 Å². The summed E-state index contributed by atoms with van der Waals surface area (Å²) in [4.78, 5) is 32.8. The number of benzene rings is 3. The summed E-state index contributed by atoms with van der Waals surface area (Å²) in [6.07, 6.45) is 1.94. The number of aliphatic imine (C=N–C) groups is 2. The molecule has 0 saturated heterocycles. The van der Waals surface area contributed by atoms with Gasteiger partial charge in [-0.1, -0.05) is 31.5 Å². The lowest BCUT2D eigenvalue weighted by Gasteiger charge is -2.19. The van der Waals surface area contributed by atoms with Crippen molar-refractivity contribution in [2.24, 2.45) is 9.98 Å². The van der Waals surface area contributed by atoms with Crippen LogP contribution in [0.5, 0.6) is 0 Å². The van der Waals surface area contributed by atoms with Gasteiger partial charge in [-0.25, -0.2) is 9.98 Å². The fourth-order valence-corrected chi connectivity index (χ4v) is 3.59. The molecule has 1 aliphatic heterocycles. The number of fused-ring (bicyclic) bond motifs is 1. The Balaban J connectivity index is 1.83. The molecule has 1 heterocycles. The molecule has 1 aliphatic rings. The molecule has 9 nitrogen and oxygen atoms in total. The van der Waals surface area contributed by atoms with Crippen LogP contribution < -0.4 is 4.90 Å². The van der Waals surface area contributed by atoms with Gasteiger partial charge in [0.25, 0.3) is 11.4 Å². The summed E-state index contributed by atoms with van der Waals surface area (Å²) in [6.45, 7) is 2.85. The molecule has 0 N–H and O–H groups in total. The average Bonchev–Trinajstić information content (AvgIpc) is 3.10. The largest absolute Gasteiger partial charge is 0.324 e. The third-order valence-corrected chi connectivity index (χ3v) is 5.25. The Morgan fingerprint density at radius 3 is 1.88 bits per heavy atom. The van der Waals surface area contributed by atoms with Gasteiger partial charge in [0.2, 0.25) is 0 Å². The topological polar surface area (TPSA) is 114 Å². The van der Waals surface area contributed by atoms with E-state index < -0.39 is 9.85 Å². The van der Waals surface area contributed by atoms with Crippen LogP contribution in [0.15, 0.2) is 82.8 Å². The summed E-state index contributed by atoms with van der Waals surface area (Å²) in [5.74, 6) is 0.636. The second-order valence-electron chi connectivity index (χ2n) is 7.47. The van der Waals surface area contributed by atoms with Gasteiger partial charge in [-0.05, 0) is 36.8 Å². The van der Waals surface area contributed by atoms with E-state index in [0.717, 1.165) is 30.6 Å². The second kappa shape index (κ2) is 9.39. The molecule has 3 aromatic rings. The van der Waals surface area contributed by atoms with E-state index >= 15 is 0 Å². The van der Waals surface area contributed by atoms with E-state index in [2.05, 4.69) is 11.8 Å². The molecule has 166 valence electrons. The fourth-order valence-electron chi connectivity index (χ4n) is 3.59. The Morgan fingerprint density at radius 2 is 1.33 bits per heavy atom. The number of nitro groups is 2. The number of nitrogens with zero attached hydrogens (tertiary/aromatic N) is 5. The lowest BCUT2D eigenvalue weighted by Crippen LogP contribution is -2.31. The van der Waals surface area contributed by atoms with Gasteiger partial charge in [0.15, 0.2) is 5.84 Å². The van der Waals surface area contributed by atoms with Crippen LogP contribution in [-0.2, 0) is 0 Å². The highest BCUT2D eigenvalue weighted by molar-refractivity contribution is 6.57. The minimum absolute atomic E-state index is 0.00346. The predicted octanol–water partition coefficient (Wildman–Crippen LogP) is 5.97. The van der Waals surface area contributed by atoms with Crippen LogP contribution in [0.2, 0.25) is 0 Å². The number of hydrogen-bond acceptors (Lipinski definition) is 6. The Kier molecular flexibility index (Phi) is 6.21. The minimum atomic E-state index is -0.449. The molecule has 33 heavy (non-hydrogen) atoms. The van der Waals surface area contributed by atoms with Crippen molar-refractivity contribution in [1.29, 1.82) is 0 Å². The Bertz CT molecular complexity index is 1250. The van der Waals surface area contributed by atoms with E-state index in [1.165, 1.54) is 24.3 Å². The number of amidine groups is 1. The van der Waals surface area contributed by atoms with E-state index in [0.29, 0.717) is 22.9 Å². The Hall–Kier alpha value is -4.40. The van der Waals surface area contributed by atoms with Crippen molar-refractivity contribution in [3.05, 3.63) is 98.6 Å². The van der Waals surface area contributed by atoms with Crippen molar-refractivity contribution in [2.75, 3.05) is 11.4 Å². The van der Waals surface area contributed by atoms with Gasteiger partial charge in [0.05, 0.1) is 26.9 Å². The number of nitro benzene ring substituents is 2. The van der Waals surface area contributed by atoms with Gasteiger partial charge >= 0.3 is 0 Å². The first kappa shape index (κ1) is 21.8. The molecule has 0 aromatic heterocycles. The monoisotopic (exact) mass is 443 g/mol. The van der Waals surface area contributed by atoms with Crippen LogP contribution in [0.1, 0.15) is 25.3 Å². The zero-order chi connectivity index (χ0) is 23.4. The van der Waals surface area contributed by atoms with Gasteiger partial charge in [0, 0.05) is 36.4 Å². The number of non-ortho nitro benzene ring substituents is 2. The van der Waals surface area contributed by atoms with E-state index in [4.69, 9.17) is 9.98 Å². The number of rotatable bonds is 7. The van der Waals surface area contributed by atoms with Gasteiger partial charge in [-0.2, -0.15) is 0 Å². The zero-order valence-electron chi connectivity index (χ0n) is 17.9. The summed E-state index contributed by atoms with van der Waals surface area (Å²) < 4.78 is 0. The molecular formula is C24H21N5O4. The lowest BCUT2D eigenvalue weighted by atomic mass is 10.1. The molecular weight excluding hydrogens is 422 g/mol. The van der Waals surface area contributed by atoms with Gasteiger partial charge < -0.3 is 4.90 Å². The van der Waals surface area contributed by atoms with Gasteiger partial charge in [-0.3, -0.25) is 20.2 Å². The molecule has 3 aromatic carbocycles. The van der Waals surface area contributed by atoms with Crippen molar-refractivity contribution < 1.29 is 9.85 Å². The maximum absolute atomic E-state index is 11.0. The molecule has 0 atom stereocenters. The summed E-state index contributed by atoms with van der Waals surface area (Å²) in [6, 6.07) is 20.0. The van der Waals surface area contributed by atoms with Crippen molar-refractivity contribution in [3.63, 3.8) is 0 Å². The molecule has 0 radical (unpaired) electrons. The maximum atomic E-state index is 11.0. The van der Waals surface area contributed by atoms with E-state index in [1.807, 2.05) is 24.3 Å². The summed E-state index contributed by atoms with van der Waals surface area (Å²) in [7, 11) is 0. The van der Waals surface area contributed by atoms with Crippen molar-refractivity contribution in [2.45, 2.75) is 19.8 Å². The second-order valence-corrected chi connectivity index (χ2v) is 7.47. The molecule has 0 aliphatic carbocycles. The fraction of sp³-hybridized carbons (Fsp3) is 0.167. The molecule has 9 heteroatoms. The maximum Gasteiger partial charge on any atom is 0.269 e. The zero-order valence-corrected chi connectivity index (χ0v) is 17.9. The lowest BCUT2D eigenvalue weighted by molar-refractivity contribution is -0.385. The molecule has 0 bridgehead atoms. The molecule has 0 saturated carbocycles. The van der Waals surface area contributed by atoms with Crippen LogP contribution in [0.25, 0.3) is 0 Å². The number of unbranched alkanes of at least 4 members (excludes halogenated alkanes) is 1. The first-order valence-corrected chi connectivity index (χ1v) is 10.5. The summed E-state index contributed by atoms with van der Waals surface area (Å²) >= 11 is 0. The van der Waals surface area contributed by atoms with Crippen molar-refractivity contribution >= 4 is 40.0 Å². The number of hydrogen-bond donors (Lipinski definition) is 0. The molecule has 0 fully saturated rings. The first-order valence-electron chi connectivity index (χ1n) is 10.5. The highest BCUT2D eigenvalue weighted by Crippen LogP contribution is 2.33. The highest BCUT2D eigenvalue weighted by Gasteiger charge is 2.31. The highest BCUT2D eigenvalue weighted by atomic mass is 16.6. The van der Waals surface area contributed by atoms with E-state index in [9.17, 15) is 20.2 Å². The Morgan fingerprint density at radius 1 is 0.788 bits per heavy atom. The van der Waals surface area contributed by atoms with Crippen LogP contribution in [0.4, 0.5) is 28.4 Å². The van der Waals surface area contributed by atoms with Gasteiger partial charge in [-0.15, -0.1) is 0 Å². The smallest absolute Gasteiger partial charge is 0.269 e. The van der Waals surface area contributed by atoms with Crippen molar-refractivity contribution in [3.8, 4) is 0 Å². The van der Waals surface area contributed by atoms with Crippen LogP contribution in [0.3, 0.4) is 0 Å². The van der Waals surface area contributed by atoms with Gasteiger partial charge in [0.1, 0.15) is 5.71 Å². The van der Waals surface area contributed by atoms with Crippen LogP contribution in [-0.4, -0.2) is 27.9 Å². The number of anilines is 1. The third kappa shape index (κ3) is 4.62. The quantitative estimate of drug-likeness (QED) is 0.329. The summed E-state index contributed by atoms with van der Waals surface area (Å²) in [5, 5.41) is 22.0.